The van der Waals surface area contributed by atoms with Gasteiger partial charge in [0.15, 0.2) is 11.5 Å². The number of hydrogen-bond acceptors (Lipinski definition) is 5. The Kier molecular flexibility index (Phi) is 5.10. The SMILES string of the molecule is COc1ccc(CNc2cn(Cc3cccc4cccnc34)cn2)cc1OC. The molecule has 0 aliphatic rings. The van der Waals surface area contributed by atoms with E-state index in [1.165, 1.54) is 5.56 Å². The fraction of sp³-hybridized carbons (Fsp3) is 0.182. The Labute approximate surface area is 163 Å². The second-order valence-corrected chi connectivity index (χ2v) is 6.47. The van der Waals surface area contributed by atoms with Crippen LogP contribution in [0.2, 0.25) is 0 Å². The van der Waals surface area contributed by atoms with E-state index in [1.807, 2.05) is 43.0 Å². The smallest absolute Gasteiger partial charge is 0.161 e. The summed E-state index contributed by atoms with van der Waals surface area (Å²) < 4.78 is 12.7. The molecule has 1 N–H and O–H groups in total. The van der Waals surface area contributed by atoms with Crippen LogP contribution in [0.4, 0.5) is 5.82 Å². The summed E-state index contributed by atoms with van der Waals surface area (Å²) >= 11 is 0. The van der Waals surface area contributed by atoms with Gasteiger partial charge in [0.05, 0.1) is 32.6 Å². The number of hydrogen-bond donors (Lipinski definition) is 1. The molecule has 2 aromatic carbocycles. The number of anilines is 1. The van der Waals surface area contributed by atoms with Gasteiger partial charge in [-0.1, -0.05) is 30.3 Å². The van der Waals surface area contributed by atoms with Gasteiger partial charge in [0.2, 0.25) is 0 Å². The van der Waals surface area contributed by atoms with E-state index in [9.17, 15) is 0 Å². The van der Waals surface area contributed by atoms with E-state index < -0.39 is 0 Å². The first-order chi connectivity index (χ1) is 13.8. The summed E-state index contributed by atoms with van der Waals surface area (Å²) in [7, 11) is 3.27. The number of para-hydroxylation sites is 1. The normalized spacial score (nSPS) is 10.8. The van der Waals surface area contributed by atoms with Gasteiger partial charge < -0.3 is 19.4 Å². The molecule has 4 aromatic rings. The Hall–Kier alpha value is -3.54. The molecular formula is C22H22N4O2. The van der Waals surface area contributed by atoms with Crippen LogP contribution in [0.15, 0.2) is 67.3 Å². The summed E-state index contributed by atoms with van der Waals surface area (Å²) in [5.41, 5.74) is 3.28. The molecule has 0 spiro atoms. The lowest BCUT2D eigenvalue weighted by Gasteiger charge is -2.10. The number of pyridine rings is 1. The van der Waals surface area contributed by atoms with Gasteiger partial charge in [0.25, 0.3) is 0 Å². The highest BCUT2D eigenvalue weighted by atomic mass is 16.5. The van der Waals surface area contributed by atoms with Gasteiger partial charge in [0, 0.05) is 24.3 Å². The van der Waals surface area contributed by atoms with E-state index in [4.69, 9.17) is 9.47 Å². The zero-order valence-corrected chi connectivity index (χ0v) is 15.9. The van der Waals surface area contributed by atoms with E-state index in [-0.39, 0.29) is 0 Å². The van der Waals surface area contributed by atoms with Crippen molar-refractivity contribution in [1.82, 2.24) is 14.5 Å². The summed E-state index contributed by atoms with van der Waals surface area (Å²) in [5, 5.41) is 4.49. The van der Waals surface area contributed by atoms with Crippen molar-refractivity contribution in [3.05, 3.63) is 78.4 Å². The number of aromatic nitrogens is 3. The highest BCUT2D eigenvalue weighted by Crippen LogP contribution is 2.27. The molecule has 0 unspecified atom stereocenters. The van der Waals surface area contributed by atoms with Crippen LogP contribution in [-0.2, 0) is 13.1 Å². The molecule has 0 saturated heterocycles. The van der Waals surface area contributed by atoms with Crippen molar-refractivity contribution in [3.63, 3.8) is 0 Å². The topological polar surface area (TPSA) is 61.2 Å². The maximum atomic E-state index is 5.36. The van der Waals surface area contributed by atoms with Crippen molar-refractivity contribution in [1.29, 1.82) is 0 Å². The van der Waals surface area contributed by atoms with Gasteiger partial charge in [-0.05, 0) is 29.3 Å². The number of benzene rings is 2. The lowest BCUT2D eigenvalue weighted by molar-refractivity contribution is 0.354. The molecule has 6 nitrogen and oxygen atoms in total. The molecule has 4 rings (SSSR count). The van der Waals surface area contributed by atoms with E-state index in [2.05, 4.69) is 44.1 Å². The summed E-state index contributed by atoms with van der Waals surface area (Å²) in [6.07, 6.45) is 5.66. The Morgan fingerprint density at radius 2 is 1.82 bits per heavy atom. The monoisotopic (exact) mass is 374 g/mol. The van der Waals surface area contributed by atoms with Gasteiger partial charge in [-0.25, -0.2) is 4.98 Å². The second kappa shape index (κ2) is 8.00. The molecule has 0 bridgehead atoms. The third kappa shape index (κ3) is 3.76. The van der Waals surface area contributed by atoms with Crippen molar-refractivity contribution in [2.24, 2.45) is 0 Å². The lowest BCUT2D eigenvalue weighted by atomic mass is 10.1. The Bertz CT molecular complexity index is 1090. The molecule has 0 amide bonds. The average molecular weight is 374 g/mol. The van der Waals surface area contributed by atoms with E-state index in [0.29, 0.717) is 6.54 Å². The van der Waals surface area contributed by atoms with Gasteiger partial charge in [0.1, 0.15) is 5.82 Å². The number of rotatable bonds is 7. The molecular weight excluding hydrogens is 352 g/mol. The first-order valence-corrected chi connectivity index (χ1v) is 9.06. The molecule has 28 heavy (non-hydrogen) atoms. The molecule has 0 radical (unpaired) electrons. The third-order valence-electron chi connectivity index (χ3n) is 4.62. The van der Waals surface area contributed by atoms with Crippen LogP contribution in [0.3, 0.4) is 0 Å². The average Bonchev–Trinajstić information content (AvgIpc) is 3.19. The molecule has 2 aromatic heterocycles. The quantitative estimate of drug-likeness (QED) is 0.527. The summed E-state index contributed by atoms with van der Waals surface area (Å²) in [6, 6.07) is 16.2. The first-order valence-electron chi connectivity index (χ1n) is 9.06. The standard InChI is InChI=1S/C22H22N4O2/c1-27-19-9-8-16(11-20(19)28-2)12-24-21-14-26(15-25-21)13-18-6-3-5-17-7-4-10-23-22(17)18/h3-11,14-15,24H,12-13H2,1-2H3. The fourth-order valence-corrected chi connectivity index (χ4v) is 3.21. The third-order valence-corrected chi connectivity index (χ3v) is 4.62. The molecule has 6 heteroatoms. The van der Waals surface area contributed by atoms with Crippen molar-refractivity contribution >= 4 is 16.7 Å². The van der Waals surface area contributed by atoms with Crippen molar-refractivity contribution in [2.75, 3.05) is 19.5 Å². The summed E-state index contributed by atoms with van der Waals surface area (Å²) in [4.78, 5) is 8.98. The largest absolute Gasteiger partial charge is 0.493 e. The van der Waals surface area contributed by atoms with E-state index in [0.717, 1.165) is 40.3 Å². The minimum absolute atomic E-state index is 0.646. The maximum absolute atomic E-state index is 5.36. The van der Waals surface area contributed by atoms with Gasteiger partial charge in [-0.15, -0.1) is 0 Å². The Morgan fingerprint density at radius 1 is 0.964 bits per heavy atom. The number of fused-ring (bicyclic) bond motifs is 1. The highest BCUT2D eigenvalue weighted by Gasteiger charge is 2.07. The molecule has 142 valence electrons. The lowest BCUT2D eigenvalue weighted by Crippen LogP contribution is -2.01. The van der Waals surface area contributed by atoms with Crippen molar-refractivity contribution < 1.29 is 9.47 Å². The molecule has 0 saturated carbocycles. The van der Waals surface area contributed by atoms with Gasteiger partial charge in [-0.3, -0.25) is 4.98 Å². The predicted octanol–water partition coefficient (Wildman–Crippen LogP) is 4.11. The minimum atomic E-state index is 0.646. The zero-order chi connectivity index (χ0) is 19.3. The van der Waals surface area contributed by atoms with Gasteiger partial charge >= 0.3 is 0 Å². The van der Waals surface area contributed by atoms with Crippen LogP contribution in [0.1, 0.15) is 11.1 Å². The van der Waals surface area contributed by atoms with E-state index in [1.54, 1.807) is 14.2 Å². The minimum Gasteiger partial charge on any atom is -0.493 e. The maximum Gasteiger partial charge on any atom is 0.161 e. The van der Waals surface area contributed by atoms with Crippen LogP contribution in [0, 0.1) is 0 Å². The summed E-state index contributed by atoms with van der Waals surface area (Å²) in [5.74, 6) is 2.26. The summed E-state index contributed by atoms with van der Waals surface area (Å²) in [6.45, 7) is 1.37. The van der Waals surface area contributed by atoms with Gasteiger partial charge in [-0.2, -0.15) is 0 Å². The van der Waals surface area contributed by atoms with Crippen LogP contribution in [0.25, 0.3) is 10.9 Å². The van der Waals surface area contributed by atoms with Crippen molar-refractivity contribution in [3.8, 4) is 11.5 Å². The Morgan fingerprint density at radius 3 is 2.68 bits per heavy atom. The van der Waals surface area contributed by atoms with Crippen LogP contribution >= 0.6 is 0 Å². The molecule has 0 aliphatic carbocycles. The Balaban J connectivity index is 1.45. The van der Waals surface area contributed by atoms with Crippen LogP contribution in [0.5, 0.6) is 11.5 Å². The number of imidazole rings is 1. The fourth-order valence-electron chi connectivity index (χ4n) is 3.21. The van der Waals surface area contributed by atoms with Crippen LogP contribution in [-0.4, -0.2) is 28.8 Å². The molecule has 2 heterocycles. The number of nitrogens with one attached hydrogen (secondary N) is 1. The van der Waals surface area contributed by atoms with Crippen molar-refractivity contribution in [2.45, 2.75) is 13.1 Å². The van der Waals surface area contributed by atoms with Crippen LogP contribution < -0.4 is 14.8 Å². The molecule has 0 aliphatic heterocycles. The number of ether oxygens (including phenoxy) is 2. The molecule has 0 atom stereocenters. The number of nitrogens with zero attached hydrogens (tertiary/aromatic N) is 3. The highest BCUT2D eigenvalue weighted by molar-refractivity contribution is 5.81. The molecule has 0 fully saturated rings. The predicted molar refractivity (Wildman–Crippen MR) is 110 cm³/mol. The first kappa shape index (κ1) is 17.9. The number of methoxy groups -OCH3 is 2. The zero-order valence-electron chi connectivity index (χ0n) is 15.9. The second-order valence-electron chi connectivity index (χ2n) is 6.47. The van der Waals surface area contributed by atoms with E-state index >= 15 is 0 Å².